The van der Waals surface area contributed by atoms with Gasteiger partial charge in [0, 0.05) is 20.3 Å². The summed E-state index contributed by atoms with van der Waals surface area (Å²) < 4.78 is 21.4. The van der Waals surface area contributed by atoms with Crippen molar-refractivity contribution in [3.8, 4) is 11.5 Å². The first-order chi connectivity index (χ1) is 13.1. The van der Waals surface area contributed by atoms with Crippen molar-refractivity contribution < 1.29 is 33.4 Å². The van der Waals surface area contributed by atoms with Gasteiger partial charge in [0.25, 0.3) is 0 Å². The maximum Gasteiger partial charge on any atom is 0.232 e. The number of rotatable bonds is 9. The van der Waals surface area contributed by atoms with E-state index in [9.17, 15) is 9.90 Å². The highest BCUT2D eigenvalue weighted by Crippen LogP contribution is 2.39. The third-order valence-electron chi connectivity index (χ3n) is 4.48. The summed E-state index contributed by atoms with van der Waals surface area (Å²) in [7, 11) is 3.30. The monoisotopic (exact) mass is 374 g/mol. The Morgan fingerprint density at radius 3 is 2.52 bits per heavy atom. The molecule has 0 saturated heterocycles. The molecule has 144 valence electrons. The summed E-state index contributed by atoms with van der Waals surface area (Å²) in [5.41, 5.74) is 1.05. The molecule has 3 rings (SSSR count). The summed E-state index contributed by atoms with van der Waals surface area (Å²) in [6.07, 6.45) is 3.09. The first-order valence-corrected chi connectivity index (χ1v) is 8.78. The normalized spacial score (nSPS) is 14.8. The van der Waals surface area contributed by atoms with Gasteiger partial charge in [-0.25, -0.2) is 0 Å². The number of aromatic hydroxyl groups is 1. The van der Waals surface area contributed by atoms with E-state index in [1.807, 2.05) is 0 Å². The van der Waals surface area contributed by atoms with Crippen molar-refractivity contribution in [1.29, 1.82) is 0 Å². The SMILES string of the molecule is COCC[NH+](CCOC)Cc1c(O)ccc2c1O/C(=C/c1ccco1)C2=O. The summed E-state index contributed by atoms with van der Waals surface area (Å²) in [4.78, 5) is 13.8. The number of fused-ring (bicyclic) bond motifs is 1. The van der Waals surface area contributed by atoms with Gasteiger partial charge in [-0.15, -0.1) is 0 Å². The van der Waals surface area contributed by atoms with Gasteiger partial charge in [0.2, 0.25) is 5.78 Å². The molecule has 0 radical (unpaired) electrons. The first kappa shape index (κ1) is 19.2. The largest absolute Gasteiger partial charge is 0.507 e. The molecule has 2 aromatic rings. The number of benzene rings is 1. The number of ether oxygens (including phenoxy) is 3. The van der Waals surface area contributed by atoms with Gasteiger partial charge in [-0.05, 0) is 24.3 Å². The first-order valence-electron chi connectivity index (χ1n) is 8.78. The Balaban J connectivity index is 1.87. The molecule has 0 saturated carbocycles. The standard InChI is InChI=1S/C20H23NO6/c1-24-10-7-21(8-11-25-2)13-16-17(22)6-5-15-19(23)18(27-20(15)16)12-14-4-3-9-26-14/h3-6,9,12,22H,7-8,10-11,13H2,1-2H3/p+1/b18-12+. The van der Waals surface area contributed by atoms with Crippen LogP contribution in [-0.4, -0.2) is 51.4 Å². The molecule has 0 bridgehead atoms. The van der Waals surface area contributed by atoms with Gasteiger partial charge in [0.15, 0.2) is 11.5 Å². The van der Waals surface area contributed by atoms with Gasteiger partial charge in [-0.1, -0.05) is 0 Å². The third-order valence-corrected chi connectivity index (χ3v) is 4.48. The number of carbonyl (C=O) groups excluding carboxylic acids is 1. The summed E-state index contributed by atoms with van der Waals surface area (Å²) >= 11 is 0. The zero-order chi connectivity index (χ0) is 19.2. The Kier molecular flexibility index (Phi) is 6.28. The van der Waals surface area contributed by atoms with Crippen LogP contribution in [0.1, 0.15) is 21.7 Å². The molecular weight excluding hydrogens is 350 g/mol. The van der Waals surface area contributed by atoms with E-state index in [0.717, 1.165) is 18.0 Å². The molecule has 1 aliphatic heterocycles. The van der Waals surface area contributed by atoms with E-state index < -0.39 is 0 Å². The molecule has 2 heterocycles. The fraction of sp³-hybridized carbons (Fsp3) is 0.350. The van der Waals surface area contributed by atoms with Crippen molar-refractivity contribution in [3.63, 3.8) is 0 Å². The molecule has 1 aromatic carbocycles. The van der Waals surface area contributed by atoms with Crippen molar-refractivity contribution >= 4 is 11.9 Å². The number of hydrogen-bond donors (Lipinski definition) is 2. The molecule has 0 fully saturated rings. The average molecular weight is 374 g/mol. The van der Waals surface area contributed by atoms with Crippen LogP contribution in [0, 0.1) is 0 Å². The van der Waals surface area contributed by atoms with Crippen LogP contribution in [0.25, 0.3) is 6.08 Å². The molecule has 7 nitrogen and oxygen atoms in total. The fourth-order valence-corrected chi connectivity index (χ4v) is 3.01. The van der Waals surface area contributed by atoms with Crippen molar-refractivity contribution in [2.24, 2.45) is 0 Å². The molecule has 27 heavy (non-hydrogen) atoms. The quantitative estimate of drug-likeness (QED) is 0.644. The molecule has 0 spiro atoms. The lowest BCUT2D eigenvalue weighted by molar-refractivity contribution is -0.914. The number of carbonyl (C=O) groups is 1. The molecular formula is C20H24NO6+. The van der Waals surface area contributed by atoms with Crippen LogP contribution in [0.15, 0.2) is 40.7 Å². The lowest BCUT2D eigenvalue weighted by atomic mass is 10.0. The Labute approximate surface area is 157 Å². The summed E-state index contributed by atoms with van der Waals surface area (Å²) in [5, 5.41) is 10.4. The number of Topliss-reactive ketones (excluding diaryl/α,β-unsaturated/α-hetero) is 1. The maximum absolute atomic E-state index is 12.7. The number of hydrogen-bond acceptors (Lipinski definition) is 6. The molecule has 0 amide bonds. The smallest absolute Gasteiger partial charge is 0.232 e. The van der Waals surface area contributed by atoms with Gasteiger partial charge >= 0.3 is 0 Å². The van der Waals surface area contributed by atoms with Gasteiger partial charge in [-0.3, -0.25) is 4.79 Å². The Hall–Kier alpha value is -2.61. The van der Waals surface area contributed by atoms with Crippen LogP contribution >= 0.6 is 0 Å². The minimum absolute atomic E-state index is 0.105. The number of ketones is 1. The van der Waals surface area contributed by atoms with Crippen LogP contribution < -0.4 is 9.64 Å². The van der Waals surface area contributed by atoms with E-state index in [2.05, 4.69) is 0 Å². The van der Waals surface area contributed by atoms with E-state index in [0.29, 0.717) is 42.4 Å². The zero-order valence-corrected chi connectivity index (χ0v) is 15.5. The Bertz CT molecular complexity index is 804. The zero-order valence-electron chi connectivity index (χ0n) is 15.5. The van der Waals surface area contributed by atoms with Gasteiger partial charge in [0.1, 0.15) is 31.1 Å². The second-order valence-corrected chi connectivity index (χ2v) is 6.31. The lowest BCUT2D eigenvalue weighted by Crippen LogP contribution is -3.11. The Morgan fingerprint density at radius 1 is 1.15 bits per heavy atom. The molecule has 1 aromatic heterocycles. The number of quaternary nitrogens is 1. The maximum atomic E-state index is 12.7. The lowest BCUT2D eigenvalue weighted by Gasteiger charge is -2.20. The van der Waals surface area contributed by atoms with Gasteiger partial charge in [-0.2, -0.15) is 0 Å². The topological polar surface area (TPSA) is 82.6 Å². The molecule has 2 N–H and O–H groups in total. The van der Waals surface area contributed by atoms with Gasteiger partial charge in [0.05, 0.1) is 30.6 Å². The minimum atomic E-state index is -0.224. The second kappa shape index (κ2) is 8.85. The predicted molar refractivity (Wildman–Crippen MR) is 97.9 cm³/mol. The number of nitrogens with one attached hydrogen (secondary N) is 1. The van der Waals surface area contributed by atoms with Crippen molar-refractivity contribution in [3.05, 3.63) is 53.2 Å². The number of methoxy groups -OCH3 is 2. The summed E-state index contributed by atoms with van der Waals surface area (Å²) in [6, 6.07) is 6.61. The second-order valence-electron chi connectivity index (χ2n) is 6.31. The molecule has 7 heteroatoms. The summed E-state index contributed by atoms with van der Waals surface area (Å²) in [6.45, 7) is 3.14. The third kappa shape index (κ3) is 4.39. The average Bonchev–Trinajstić information content (AvgIpc) is 3.28. The van der Waals surface area contributed by atoms with E-state index in [1.165, 1.54) is 12.3 Å². The highest BCUT2D eigenvalue weighted by atomic mass is 16.5. The van der Waals surface area contributed by atoms with Crippen molar-refractivity contribution in [2.75, 3.05) is 40.5 Å². The van der Waals surface area contributed by atoms with Crippen molar-refractivity contribution in [1.82, 2.24) is 0 Å². The fourth-order valence-electron chi connectivity index (χ4n) is 3.01. The van der Waals surface area contributed by atoms with E-state index in [4.69, 9.17) is 18.6 Å². The number of furan rings is 1. The molecule has 0 aliphatic carbocycles. The van der Waals surface area contributed by atoms with E-state index >= 15 is 0 Å². The number of phenolic OH excluding ortho intramolecular Hbond substituents is 1. The highest BCUT2D eigenvalue weighted by molar-refractivity contribution is 6.14. The van der Waals surface area contributed by atoms with E-state index in [1.54, 1.807) is 38.5 Å². The van der Waals surface area contributed by atoms with Crippen LogP contribution in [0.5, 0.6) is 11.5 Å². The van der Waals surface area contributed by atoms with E-state index in [-0.39, 0.29) is 17.3 Å². The number of allylic oxidation sites excluding steroid dienone is 1. The Morgan fingerprint density at radius 2 is 1.89 bits per heavy atom. The van der Waals surface area contributed by atoms with Crippen molar-refractivity contribution in [2.45, 2.75) is 6.54 Å². The minimum Gasteiger partial charge on any atom is -0.507 e. The van der Waals surface area contributed by atoms with Crippen LogP contribution in [0.4, 0.5) is 0 Å². The molecule has 0 unspecified atom stereocenters. The molecule has 1 aliphatic rings. The van der Waals surface area contributed by atoms with Crippen LogP contribution in [-0.2, 0) is 16.0 Å². The highest BCUT2D eigenvalue weighted by Gasteiger charge is 2.32. The van der Waals surface area contributed by atoms with Crippen LogP contribution in [0.3, 0.4) is 0 Å². The molecule has 0 atom stereocenters. The van der Waals surface area contributed by atoms with Gasteiger partial charge < -0.3 is 28.6 Å². The summed E-state index contributed by atoms with van der Waals surface area (Å²) in [5.74, 6) is 1.00. The number of phenols is 1. The van der Waals surface area contributed by atoms with Crippen LogP contribution in [0.2, 0.25) is 0 Å². The predicted octanol–water partition coefficient (Wildman–Crippen LogP) is 1.28.